The fraction of sp³-hybridized carbons (Fsp3) is 0. The van der Waals surface area contributed by atoms with E-state index in [-0.39, 0.29) is 0 Å². The molecule has 0 fully saturated rings. The van der Waals surface area contributed by atoms with E-state index in [9.17, 15) is 0 Å². The highest BCUT2D eigenvalue weighted by molar-refractivity contribution is 6.07. The van der Waals surface area contributed by atoms with Crippen LogP contribution in [-0.4, -0.2) is 24.9 Å². The minimum absolute atomic E-state index is 0.629. The third kappa shape index (κ3) is 7.34. The Morgan fingerprint density at radius 2 is 0.530 bits per heavy atom. The second-order valence-electron chi connectivity index (χ2n) is 16.4. The quantitative estimate of drug-likeness (QED) is 0.143. The summed E-state index contributed by atoms with van der Waals surface area (Å²) in [5.41, 5.74) is 15.5. The zero-order valence-electron chi connectivity index (χ0n) is 35.8. The van der Waals surface area contributed by atoms with Gasteiger partial charge in [0.25, 0.3) is 0 Å². The zero-order chi connectivity index (χ0) is 43.8. The molecule has 0 saturated carbocycles. The van der Waals surface area contributed by atoms with E-state index in [1.807, 2.05) is 54.6 Å². The minimum Gasteiger partial charge on any atom is -0.245 e. The highest BCUT2D eigenvalue weighted by Gasteiger charge is 2.16. The first-order chi connectivity index (χ1) is 32.7. The van der Waals surface area contributed by atoms with Crippen LogP contribution in [0.1, 0.15) is 0 Å². The lowest BCUT2D eigenvalue weighted by molar-refractivity contribution is 1.07. The van der Waals surface area contributed by atoms with E-state index < -0.39 is 0 Å². The molecule has 0 atom stereocenters. The van der Waals surface area contributed by atoms with Crippen molar-refractivity contribution in [1.29, 1.82) is 0 Å². The number of hydrogen-bond donors (Lipinski definition) is 0. The Hall–Kier alpha value is -8.93. The van der Waals surface area contributed by atoms with Gasteiger partial charge in [-0.15, -0.1) is 0 Å². The van der Waals surface area contributed by atoms with E-state index in [0.29, 0.717) is 17.5 Å². The normalized spacial score (nSPS) is 11.3. The molecule has 0 spiro atoms. The molecule has 5 heteroatoms. The van der Waals surface area contributed by atoms with Crippen LogP contribution >= 0.6 is 0 Å². The molecular formula is C61H39N5. The summed E-state index contributed by atoms with van der Waals surface area (Å²) in [6.45, 7) is 0. The molecule has 308 valence electrons. The topological polar surface area (TPSA) is 64.5 Å². The van der Waals surface area contributed by atoms with Crippen molar-refractivity contribution in [3.05, 3.63) is 237 Å². The standard InChI is InChI=1S/C61H39N5/c1-4-12-40(13-5-1)41-22-30-49(31-23-41)60-64-59(48-16-8-3-9-17-48)65-61(66-60)50-32-24-43(25-33-50)42-20-26-44(27-21-42)51-36-37-54(53-19-11-10-18-52(51)53)56-39-35-47-29-28-46-34-38-55(45-14-6-2-7-15-45)62-57(46)58(47)63-56/h1-39H. The molecule has 0 bridgehead atoms. The average Bonchev–Trinajstić information content (AvgIpc) is 3.41. The fourth-order valence-electron chi connectivity index (χ4n) is 8.91. The van der Waals surface area contributed by atoms with Crippen LogP contribution in [0.4, 0.5) is 0 Å². The van der Waals surface area contributed by atoms with Crippen LogP contribution < -0.4 is 0 Å². The van der Waals surface area contributed by atoms with Gasteiger partial charge in [-0.2, -0.15) is 0 Å². The van der Waals surface area contributed by atoms with Gasteiger partial charge in [0.05, 0.1) is 22.4 Å². The van der Waals surface area contributed by atoms with E-state index in [4.69, 9.17) is 24.9 Å². The van der Waals surface area contributed by atoms with E-state index in [2.05, 4.69) is 182 Å². The van der Waals surface area contributed by atoms with Gasteiger partial charge in [0.15, 0.2) is 17.5 Å². The van der Waals surface area contributed by atoms with Gasteiger partial charge in [-0.3, -0.25) is 0 Å². The molecular weight excluding hydrogens is 803 g/mol. The fourth-order valence-corrected chi connectivity index (χ4v) is 8.91. The Morgan fingerprint density at radius 3 is 1.05 bits per heavy atom. The number of hydrogen-bond acceptors (Lipinski definition) is 5. The zero-order valence-corrected chi connectivity index (χ0v) is 35.8. The van der Waals surface area contributed by atoms with Crippen LogP contribution in [0.25, 0.3) is 123 Å². The summed E-state index contributed by atoms with van der Waals surface area (Å²) in [5.74, 6) is 1.90. The van der Waals surface area contributed by atoms with Crippen LogP contribution in [0.5, 0.6) is 0 Å². The Balaban J connectivity index is 0.844. The molecule has 0 saturated heterocycles. The number of benzene rings is 9. The number of fused-ring (bicyclic) bond motifs is 4. The first kappa shape index (κ1) is 38.7. The average molecular weight is 842 g/mol. The van der Waals surface area contributed by atoms with Gasteiger partial charge in [0.1, 0.15) is 0 Å². The van der Waals surface area contributed by atoms with Gasteiger partial charge in [0.2, 0.25) is 0 Å². The Bertz CT molecular complexity index is 3710. The summed E-state index contributed by atoms with van der Waals surface area (Å²) in [6, 6.07) is 82.4. The van der Waals surface area contributed by atoms with Crippen molar-refractivity contribution in [1.82, 2.24) is 24.9 Å². The molecule has 0 aliphatic carbocycles. The van der Waals surface area contributed by atoms with Crippen molar-refractivity contribution >= 4 is 32.6 Å². The molecule has 3 aromatic heterocycles. The second kappa shape index (κ2) is 16.6. The lowest BCUT2D eigenvalue weighted by atomic mass is 9.92. The maximum Gasteiger partial charge on any atom is 0.164 e. The van der Waals surface area contributed by atoms with Crippen molar-refractivity contribution in [2.24, 2.45) is 0 Å². The Labute approximate surface area is 382 Å². The minimum atomic E-state index is 0.629. The summed E-state index contributed by atoms with van der Waals surface area (Å²) < 4.78 is 0. The third-order valence-corrected chi connectivity index (χ3v) is 12.4. The van der Waals surface area contributed by atoms with Gasteiger partial charge in [-0.1, -0.05) is 224 Å². The molecule has 3 heterocycles. The smallest absolute Gasteiger partial charge is 0.164 e. The summed E-state index contributed by atoms with van der Waals surface area (Å²) in [4.78, 5) is 25.4. The number of pyridine rings is 2. The molecule has 0 N–H and O–H groups in total. The first-order valence-electron chi connectivity index (χ1n) is 22.2. The van der Waals surface area contributed by atoms with Crippen molar-refractivity contribution in [3.8, 4) is 90.1 Å². The highest BCUT2D eigenvalue weighted by atomic mass is 15.0. The molecule has 9 aromatic carbocycles. The van der Waals surface area contributed by atoms with E-state index >= 15 is 0 Å². The van der Waals surface area contributed by atoms with E-state index in [1.165, 1.54) is 16.5 Å². The van der Waals surface area contributed by atoms with Crippen LogP contribution in [0.2, 0.25) is 0 Å². The molecule has 12 rings (SSSR count). The summed E-state index contributed by atoms with van der Waals surface area (Å²) in [5, 5.41) is 4.47. The van der Waals surface area contributed by atoms with E-state index in [0.717, 1.165) is 88.7 Å². The summed E-state index contributed by atoms with van der Waals surface area (Å²) in [7, 11) is 0. The molecule has 12 aromatic rings. The maximum absolute atomic E-state index is 5.31. The van der Waals surface area contributed by atoms with Crippen LogP contribution in [-0.2, 0) is 0 Å². The Morgan fingerprint density at radius 1 is 0.197 bits per heavy atom. The van der Waals surface area contributed by atoms with Crippen molar-refractivity contribution in [3.63, 3.8) is 0 Å². The molecule has 0 amide bonds. The summed E-state index contributed by atoms with van der Waals surface area (Å²) >= 11 is 0. The molecule has 0 aliphatic rings. The molecule has 0 unspecified atom stereocenters. The van der Waals surface area contributed by atoms with Crippen molar-refractivity contribution in [2.45, 2.75) is 0 Å². The van der Waals surface area contributed by atoms with E-state index in [1.54, 1.807) is 0 Å². The third-order valence-electron chi connectivity index (χ3n) is 12.4. The molecule has 66 heavy (non-hydrogen) atoms. The summed E-state index contributed by atoms with van der Waals surface area (Å²) in [6.07, 6.45) is 0. The molecule has 0 radical (unpaired) electrons. The maximum atomic E-state index is 5.31. The lowest BCUT2D eigenvalue weighted by Crippen LogP contribution is -2.00. The van der Waals surface area contributed by atoms with Crippen LogP contribution in [0, 0.1) is 0 Å². The predicted octanol–water partition coefficient (Wildman–Crippen LogP) is 15.5. The molecule has 0 aliphatic heterocycles. The monoisotopic (exact) mass is 841 g/mol. The molecule has 5 nitrogen and oxygen atoms in total. The highest BCUT2D eigenvalue weighted by Crippen LogP contribution is 2.38. The van der Waals surface area contributed by atoms with Gasteiger partial charge < -0.3 is 0 Å². The number of aromatic nitrogens is 5. The number of nitrogens with zero attached hydrogens (tertiary/aromatic N) is 5. The SMILES string of the molecule is c1ccc(-c2ccc(-c3nc(-c4ccccc4)nc(-c4ccc(-c5ccc(-c6ccc(-c7ccc8ccc9ccc(-c%10ccccc%10)nc9c8n7)c7ccccc67)cc5)cc4)n3)cc2)cc1. The van der Waals surface area contributed by atoms with Gasteiger partial charge >= 0.3 is 0 Å². The van der Waals surface area contributed by atoms with Crippen LogP contribution in [0.3, 0.4) is 0 Å². The number of rotatable bonds is 8. The van der Waals surface area contributed by atoms with Crippen molar-refractivity contribution in [2.75, 3.05) is 0 Å². The lowest BCUT2D eigenvalue weighted by Gasteiger charge is -2.13. The van der Waals surface area contributed by atoms with Gasteiger partial charge in [-0.05, 0) is 56.3 Å². The van der Waals surface area contributed by atoms with Gasteiger partial charge in [-0.25, -0.2) is 24.9 Å². The van der Waals surface area contributed by atoms with Crippen LogP contribution in [0.15, 0.2) is 237 Å². The predicted molar refractivity (Wildman–Crippen MR) is 271 cm³/mol. The Kier molecular flexibility index (Phi) is 9.77. The van der Waals surface area contributed by atoms with Crippen molar-refractivity contribution < 1.29 is 0 Å². The largest absolute Gasteiger partial charge is 0.245 e. The first-order valence-corrected chi connectivity index (χ1v) is 22.2. The second-order valence-corrected chi connectivity index (χ2v) is 16.4. The van der Waals surface area contributed by atoms with Gasteiger partial charge in [0, 0.05) is 38.6 Å².